The largest absolute Gasteiger partial charge is 0.481 e. The molecule has 2 aromatic carbocycles. The molecule has 0 aromatic heterocycles. The molecule has 1 aliphatic heterocycles. The average Bonchev–Trinajstić information content (AvgIpc) is 3.00. The van der Waals surface area contributed by atoms with E-state index in [4.69, 9.17) is 4.74 Å². The Morgan fingerprint density at radius 1 is 1.08 bits per heavy atom. The van der Waals surface area contributed by atoms with Crippen LogP contribution in [0.4, 0.5) is 24.5 Å². The number of anilines is 2. The second-order valence-corrected chi connectivity index (χ2v) is 12.7. The number of thioether (sulfide) groups is 1. The first-order valence-electron chi connectivity index (χ1n) is 13.0. The number of hydrogen-bond acceptors (Lipinski definition) is 7. The van der Waals surface area contributed by atoms with Crippen molar-refractivity contribution in [3.8, 4) is 5.75 Å². The quantitative estimate of drug-likeness (QED) is 0.202. The van der Waals surface area contributed by atoms with Crippen molar-refractivity contribution in [1.29, 1.82) is 0 Å². The molecule has 0 aliphatic carbocycles. The normalized spacial score (nSPS) is 16.3. The van der Waals surface area contributed by atoms with Crippen LogP contribution in [0.25, 0.3) is 0 Å². The van der Waals surface area contributed by atoms with Gasteiger partial charge < -0.3 is 14.4 Å². The molecule has 0 saturated carbocycles. The Hall–Kier alpha value is -2.40. The Labute approximate surface area is 233 Å². The van der Waals surface area contributed by atoms with E-state index >= 15 is 0 Å². The number of sulfone groups is 1. The predicted molar refractivity (Wildman–Crippen MR) is 148 cm³/mol. The number of nitrogens with zero attached hydrogens (tertiary/aromatic N) is 1. The van der Waals surface area contributed by atoms with Crippen molar-refractivity contribution in [2.45, 2.75) is 68.3 Å². The maximum absolute atomic E-state index is 14.0. The number of fused-ring (bicyclic) bond motifs is 1. The smallest absolute Gasteiger partial charge is 0.416 e. The molecular weight excluding hydrogens is 551 g/mol. The van der Waals surface area contributed by atoms with Crippen LogP contribution in [0.5, 0.6) is 5.75 Å². The summed E-state index contributed by atoms with van der Waals surface area (Å²) in [7, 11) is -2.61. The molecule has 1 aliphatic rings. The minimum absolute atomic E-state index is 0.0370. The first-order valence-corrected chi connectivity index (χ1v) is 15.9. The van der Waals surface area contributed by atoms with E-state index in [1.807, 2.05) is 4.90 Å². The van der Waals surface area contributed by atoms with E-state index < -0.39 is 33.0 Å². The van der Waals surface area contributed by atoms with Crippen LogP contribution in [-0.2, 0) is 25.5 Å². The summed E-state index contributed by atoms with van der Waals surface area (Å²) in [6.07, 6.45) is 2.12. The van der Waals surface area contributed by atoms with Crippen molar-refractivity contribution in [3.05, 3.63) is 42.0 Å². The number of carbonyl (C=O) groups is 1. The highest BCUT2D eigenvalue weighted by molar-refractivity contribution is 7.98. The molecule has 2 aromatic rings. The van der Waals surface area contributed by atoms with E-state index in [2.05, 4.69) is 18.6 Å². The third-order valence-electron chi connectivity index (χ3n) is 7.06. The van der Waals surface area contributed by atoms with Crippen LogP contribution in [-0.4, -0.2) is 46.7 Å². The predicted octanol–water partition coefficient (Wildman–Crippen LogP) is 7.27. The fourth-order valence-electron chi connectivity index (χ4n) is 5.00. The van der Waals surface area contributed by atoms with Gasteiger partial charge >= 0.3 is 12.1 Å². The van der Waals surface area contributed by atoms with Crippen molar-refractivity contribution in [2.24, 2.45) is 5.41 Å². The minimum Gasteiger partial charge on any atom is -0.481 e. The van der Waals surface area contributed by atoms with Gasteiger partial charge in [0.2, 0.25) is 0 Å². The van der Waals surface area contributed by atoms with Crippen molar-refractivity contribution in [3.63, 3.8) is 0 Å². The van der Waals surface area contributed by atoms with Crippen LogP contribution < -0.4 is 9.64 Å². The number of esters is 1. The van der Waals surface area contributed by atoms with E-state index in [0.29, 0.717) is 35.7 Å². The van der Waals surface area contributed by atoms with E-state index in [0.717, 1.165) is 37.8 Å². The fraction of sp³-hybridized carbons (Fsp3) is 0.536. The molecule has 0 radical (unpaired) electrons. The van der Waals surface area contributed by atoms with Crippen LogP contribution in [0.2, 0.25) is 0 Å². The van der Waals surface area contributed by atoms with Gasteiger partial charge in [0, 0.05) is 23.7 Å². The van der Waals surface area contributed by atoms with E-state index in [9.17, 15) is 26.4 Å². The molecule has 6 nitrogen and oxygen atoms in total. The Kier molecular flexibility index (Phi) is 10.3. The van der Waals surface area contributed by atoms with Gasteiger partial charge in [-0.25, -0.2) is 13.2 Å². The van der Waals surface area contributed by atoms with Crippen molar-refractivity contribution in [1.82, 2.24) is 0 Å². The van der Waals surface area contributed by atoms with Gasteiger partial charge in [0.1, 0.15) is 5.75 Å². The summed E-state index contributed by atoms with van der Waals surface area (Å²) in [6, 6.07) is 7.98. The van der Waals surface area contributed by atoms with Gasteiger partial charge in [-0.1, -0.05) is 39.5 Å². The number of halogens is 3. The molecule has 0 fully saturated rings. The number of ether oxygens (including phenoxy) is 2. The second kappa shape index (κ2) is 12.8. The van der Waals surface area contributed by atoms with Gasteiger partial charge in [0.25, 0.3) is 0 Å². The van der Waals surface area contributed by atoms with Gasteiger partial charge in [0.15, 0.2) is 16.4 Å². The molecule has 0 unspecified atom stereocenters. The third-order valence-corrected chi connectivity index (χ3v) is 9.81. The molecule has 0 atom stereocenters. The molecule has 39 heavy (non-hydrogen) atoms. The van der Waals surface area contributed by atoms with Crippen molar-refractivity contribution in [2.75, 3.05) is 37.2 Å². The molecule has 0 bridgehead atoms. The highest BCUT2D eigenvalue weighted by atomic mass is 32.2. The Morgan fingerprint density at radius 3 is 2.21 bits per heavy atom. The average molecular weight is 588 g/mol. The first kappa shape index (κ1) is 31.1. The number of methoxy groups -OCH3 is 1. The lowest BCUT2D eigenvalue weighted by Gasteiger charge is -2.37. The molecule has 0 spiro atoms. The zero-order valence-electron chi connectivity index (χ0n) is 22.8. The highest BCUT2D eigenvalue weighted by Crippen LogP contribution is 2.48. The first-order chi connectivity index (χ1) is 18.4. The summed E-state index contributed by atoms with van der Waals surface area (Å²) in [4.78, 5) is 14.2. The van der Waals surface area contributed by atoms with Crippen LogP contribution in [0, 0.1) is 5.41 Å². The summed E-state index contributed by atoms with van der Waals surface area (Å²) in [5, 5.41) is 0. The minimum atomic E-state index is -4.48. The SMILES string of the molecule is CCCCC1(CCCC)CN(c2ccc(C(F)(F)F)cc2)c2cc(SC)c(OCC(=O)OC)cc2S(=O)(=O)C1. The Morgan fingerprint density at radius 2 is 1.69 bits per heavy atom. The molecule has 0 amide bonds. The van der Waals surface area contributed by atoms with Crippen molar-refractivity contribution >= 4 is 38.9 Å². The lowest BCUT2D eigenvalue weighted by Crippen LogP contribution is -2.38. The highest BCUT2D eigenvalue weighted by Gasteiger charge is 2.43. The number of hydrogen-bond donors (Lipinski definition) is 0. The van der Waals surface area contributed by atoms with Crippen LogP contribution >= 0.6 is 11.8 Å². The molecule has 1 heterocycles. The maximum atomic E-state index is 14.0. The third kappa shape index (κ3) is 7.42. The van der Waals surface area contributed by atoms with Crippen LogP contribution in [0.1, 0.15) is 57.9 Å². The van der Waals surface area contributed by atoms with Gasteiger partial charge in [-0.15, -0.1) is 11.8 Å². The summed E-state index contributed by atoms with van der Waals surface area (Å²) in [5.41, 5.74) is -0.499. The molecule has 0 saturated heterocycles. The lowest BCUT2D eigenvalue weighted by molar-refractivity contribution is -0.143. The van der Waals surface area contributed by atoms with Crippen LogP contribution in [0.15, 0.2) is 46.2 Å². The summed E-state index contributed by atoms with van der Waals surface area (Å²) in [6.45, 7) is 4.07. The Bertz CT molecular complexity index is 1240. The summed E-state index contributed by atoms with van der Waals surface area (Å²) < 4.78 is 78.3. The van der Waals surface area contributed by atoms with Crippen LogP contribution in [0.3, 0.4) is 0 Å². The van der Waals surface area contributed by atoms with E-state index in [-0.39, 0.29) is 23.0 Å². The monoisotopic (exact) mass is 587 g/mol. The zero-order valence-corrected chi connectivity index (χ0v) is 24.4. The van der Waals surface area contributed by atoms with Crippen molar-refractivity contribution < 1.29 is 35.9 Å². The summed E-state index contributed by atoms with van der Waals surface area (Å²) >= 11 is 1.32. The number of benzene rings is 2. The number of unbranched alkanes of at least 4 members (excludes halogenated alkanes) is 2. The zero-order chi connectivity index (χ0) is 28.8. The van der Waals surface area contributed by atoms with E-state index in [1.165, 1.54) is 37.1 Å². The van der Waals surface area contributed by atoms with Gasteiger partial charge in [-0.3, -0.25) is 0 Å². The number of alkyl halides is 3. The Balaban J connectivity index is 2.24. The number of rotatable bonds is 11. The lowest BCUT2D eigenvalue weighted by atomic mass is 9.79. The number of carbonyl (C=O) groups excluding carboxylic acids is 1. The van der Waals surface area contributed by atoms with Gasteiger partial charge in [-0.05, 0) is 49.4 Å². The molecule has 11 heteroatoms. The van der Waals surface area contributed by atoms with Gasteiger partial charge in [-0.2, -0.15) is 13.2 Å². The topological polar surface area (TPSA) is 72.9 Å². The molecule has 216 valence electrons. The molecule has 3 rings (SSSR count). The standard InChI is InChI=1S/C28H36F3NO5S2/c1-5-7-13-27(14-8-6-2)18-32(21-11-9-20(10-12-21)28(29,30)31)22-15-24(38-4)23(37-17-26(33)36-3)16-25(22)39(34,35)19-27/h9-12,15-16H,5-8,13-14,17-19H2,1-4H3. The molecule has 0 N–H and O–H groups in total. The van der Waals surface area contributed by atoms with E-state index in [1.54, 1.807) is 12.3 Å². The summed E-state index contributed by atoms with van der Waals surface area (Å²) in [5.74, 6) is -0.458. The second-order valence-electron chi connectivity index (χ2n) is 9.93. The van der Waals surface area contributed by atoms with Gasteiger partial charge in [0.05, 0.1) is 33.9 Å². The molecular formula is C28H36F3NO5S2. The fourth-order valence-corrected chi connectivity index (χ4v) is 7.66. The maximum Gasteiger partial charge on any atom is 0.416 e.